The van der Waals surface area contributed by atoms with E-state index in [2.05, 4.69) is 40.4 Å². The minimum atomic E-state index is -2.50. The van der Waals surface area contributed by atoms with Gasteiger partial charge in [0.05, 0.1) is 114 Å². The van der Waals surface area contributed by atoms with Crippen LogP contribution in [0.1, 0.15) is 149 Å². The molecule has 2 aromatic carbocycles. The van der Waals surface area contributed by atoms with Crippen LogP contribution < -0.4 is 27.4 Å². The maximum absolute atomic E-state index is 14.8. The molecule has 0 spiro atoms. The van der Waals surface area contributed by atoms with Gasteiger partial charge >= 0.3 is 5.97 Å². The number of ether oxygens (including phenoxy) is 10. The van der Waals surface area contributed by atoms with E-state index in [-0.39, 0.29) is 106 Å². The molecular formula is C96H135N17O20. The summed E-state index contributed by atoms with van der Waals surface area (Å²) in [4.78, 5) is 113. The van der Waals surface area contributed by atoms with E-state index in [1.807, 2.05) is 86.8 Å². The van der Waals surface area contributed by atoms with Gasteiger partial charge in [0.2, 0.25) is 17.6 Å². The second-order valence-corrected chi connectivity index (χ2v) is 35.8. The molecule has 5 aromatic heterocycles. The number of oxazole rings is 1. The van der Waals surface area contributed by atoms with Gasteiger partial charge in [-0.15, -0.1) is 5.10 Å². The lowest BCUT2D eigenvalue weighted by Gasteiger charge is -2.42. The molecule has 1 aliphatic carbocycles. The van der Waals surface area contributed by atoms with E-state index in [1.165, 1.54) is 13.4 Å². The van der Waals surface area contributed by atoms with Crippen molar-refractivity contribution in [1.82, 2.24) is 64.8 Å². The second-order valence-electron chi connectivity index (χ2n) is 35.8. The monoisotopic (exact) mass is 1850 g/mol. The van der Waals surface area contributed by atoms with Gasteiger partial charge in [-0.1, -0.05) is 87.6 Å². The van der Waals surface area contributed by atoms with Crippen LogP contribution in [0.3, 0.4) is 0 Å². The number of esters is 1. The van der Waals surface area contributed by atoms with E-state index in [4.69, 9.17) is 84.1 Å². The fourth-order valence-electron chi connectivity index (χ4n) is 18.2. The fraction of sp³-hybridized carbons (Fsp3) is 0.604. The van der Waals surface area contributed by atoms with E-state index in [0.29, 0.717) is 195 Å². The SMILES string of the molecule is CO[C@H]1C[C@@H]2CC[C@@H](C)[C@@](O)(O2)C(=O)C(=O)N2CCCC[C@H]2C(=O)O[C@H]([C@H](N)C[C@@H]2CC[C@@H](OCc3cccc(-c4cnc(N5CCN(Cc6cn(CCOCCOCCOCCOCCC(=O)NCCCCn7nc(-c8ccc9oc(N)nc9c8)c8c(N)ncnc87)nn6)C(CO)C5)nc4)c3)[C@H](OC)C2)CC(=O)[C@H](C)/C=C(\C)[C@@H](O)[C@@H](OC)C(=O)[C@H](C)C[C@H](C)/C=C/C=CC=C1C. The quantitative estimate of drug-likeness (QED) is 0.00856. The summed E-state index contributed by atoms with van der Waals surface area (Å²) in [6.45, 7) is 17.6. The molecule has 37 nitrogen and oxygen atoms in total. The number of carbonyl (C=O) groups excluding carboxylic acids is 6. The van der Waals surface area contributed by atoms with Gasteiger partial charge in [0.15, 0.2) is 17.0 Å². The number of piperazine rings is 1. The number of nitrogen functional groups attached to an aromatic ring is 2. The van der Waals surface area contributed by atoms with Crippen LogP contribution in [0.15, 0.2) is 119 Å². The van der Waals surface area contributed by atoms with Crippen molar-refractivity contribution in [2.24, 2.45) is 35.3 Å². The Kier molecular flexibility index (Phi) is 38.2. The Morgan fingerprint density at radius 2 is 1.53 bits per heavy atom. The summed E-state index contributed by atoms with van der Waals surface area (Å²) in [6, 6.07) is 11.2. The Morgan fingerprint density at radius 3 is 2.29 bits per heavy atom. The van der Waals surface area contributed by atoms with Crippen molar-refractivity contribution in [1.29, 1.82) is 0 Å². The highest BCUT2D eigenvalue weighted by atomic mass is 16.6. The average Bonchev–Trinajstić information content (AvgIpc) is 1.52. The van der Waals surface area contributed by atoms with Crippen molar-refractivity contribution < 1.29 is 95.9 Å². The molecule has 4 fully saturated rings. The number of Topliss-reactive ketones (excluding diaryl/α,β-unsaturated/α-hetero) is 3. The number of carbonyl (C=O) groups is 6. The summed E-state index contributed by atoms with van der Waals surface area (Å²) in [5.74, 6) is -7.68. The number of nitrogens with one attached hydrogen (secondary N) is 1. The third-order valence-electron chi connectivity index (χ3n) is 26.0. The number of amides is 2. The molecule has 5 aliphatic rings. The van der Waals surface area contributed by atoms with Crippen LogP contribution in [-0.4, -0.2) is 290 Å². The third kappa shape index (κ3) is 27.8. The van der Waals surface area contributed by atoms with Crippen molar-refractivity contribution in [3.8, 4) is 22.4 Å². The first-order chi connectivity index (χ1) is 64.2. The molecule has 9 heterocycles. The minimum absolute atomic E-state index is 0.0234. The van der Waals surface area contributed by atoms with E-state index in [9.17, 15) is 44.1 Å². The topological polar surface area (TPSA) is 481 Å². The number of ketones is 3. The average molecular weight is 1850 g/mol. The largest absolute Gasteiger partial charge is 0.459 e. The number of hydrogen-bond acceptors (Lipinski definition) is 33. The molecule has 133 heavy (non-hydrogen) atoms. The highest BCUT2D eigenvalue weighted by Crippen LogP contribution is 2.40. The van der Waals surface area contributed by atoms with Crippen molar-refractivity contribution >= 4 is 75.0 Å². The van der Waals surface area contributed by atoms with Gasteiger partial charge in [0.1, 0.15) is 53.5 Å². The number of benzene rings is 2. The van der Waals surface area contributed by atoms with Crippen molar-refractivity contribution in [3.05, 3.63) is 126 Å². The highest BCUT2D eigenvalue weighted by Gasteiger charge is 2.53. The molecule has 16 atom stereocenters. The molecule has 12 rings (SSSR count). The van der Waals surface area contributed by atoms with Gasteiger partial charge < -0.3 is 99.4 Å². The summed E-state index contributed by atoms with van der Waals surface area (Å²) < 4.78 is 68.6. The van der Waals surface area contributed by atoms with Crippen LogP contribution in [0, 0.1) is 29.6 Å². The smallest absolute Gasteiger partial charge is 0.329 e. The number of aryl methyl sites for hydroxylation is 1. The number of nitrogens with two attached hydrogens (primary N) is 3. The molecule has 3 saturated heterocycles. The van der Waals surface area contributed by atoms with Crippen LogP contribution in [0.25, 0.3) is 44.5 Å². The number of cyclic esters (lactones) is 1. The molecule has 2 amide bonds. The first-order valence-corrected chi connectivity index (χ1v) is 46.7. The van der Waals surface area contributed by atoms with E-state index in [0.717, 1.165) is 51.3 Å². The molecule has 0 radical (unpaired) electrons. The molecule has 724 valence electrons. The van der Waals surface area contributed by atoms with Crippen LogP contribution >= 0.6 is 0 Å². The maximum atomic E-state index is 14.8. The molecule has 10 N–H and O–H groups in total. The summed E-state index contributed by atoms with van der Waals surface area (Å²) in [5.41, 5.74) is 27.0. The number of nitrogens with zero attached hydrogens (tertiary/aromatic N) is 13. The molecule has 7 aromatic rings. The number of methoxy groups -OCH3 is 3. The van der Waals surface area contributed by atoms with Crippen LogP contribution in [0.4, 0.5) is 17.8 Å². The van der Waals surface area contributed by atoms with E-state index < -0.39 is 83.8 Å². The molecule has 37 heteroatoms. The van der Waals surface area contributed by atoms with Crippen molar-refractivity contribution in [3.63, 3.8) is 0 Å². The zero-order valence-electron chi connectivity index (χ0n) is 78.1. The van der Waals surface area contributed by atoms with Gasteiger partial charge in [-0.25, -0.2) is 34.1 Å². The molecule has 4 aliphatic heterocycles. The number of anilines is 3. The standard InChI is InChI=1S/C96H135N17O20/c1-60-18-11-10-12-19-61(2)80(123-7)50-73-26-23-65(6)96(122,133-73)89(119)92(120)112-31-15-13-22-76(112)93(121)131-81(51-77(115)62(3)45-64(5)87(118)88(125-9)86(117)63(4)44-60)74(97)47-66-24-27-79(82(48-66)124-8)130-58-67-20-17-21-68(46-67)70-52-101-95(102-53-70)110-34-33-109(72(56-110)57-114)54-71-55-111(108-106-71)35-37-127-39-41-129-43-42-128-40-38-126-36-29-83(116)100-30-14-16-32-113-91-84(90(98)103-59-104-91)85(107-113)69-25-28-78-75(49-69)105-94(99)132-78/h10-12,17-21,25,28,45-46,49,52-53,55,59-60,62-63,65-66,72-74,76,79-82,87-88,114,118,122H,13-16,22-24,26-27,29-44,47-48,50-51,54,56-58,97H2,1-9H3,(H2,99,105)(H,100,116)(H2,98,103,104)/b12-10?,18-11+,61-19?,64-45+/t60-,62-,63-,65-,66+,72?,73+,74-,76+,79-,80+,81+,82-,87-,88+,96-/m1/s1. The normalized spacial score (nSPS) is 26.6. The minimum Gasteiger partial charge on any atom is -0.459 e. The van der Waals surface area contributed by atoms with Gasteiger partial charge in [0, 0.05) is 140 Å². The first-order valence-electron chi connectivity index (χ1n) is 46.7. The number of aliphatic hydroxyl groups is 3. The Labute approximate surface area is 776 Å². The predicted octanol–water partition coefficient (Wildman–Crippen LogP) is 7.99. The Hall–Kier alpha value is -10.1. The van der Waals surface area contributed by atoms with Crippen LogP contribution in [-0.2, 0) is 102 Å². The Balaban J connectivity index is 0.550. The molecule has 1 unspecified atom stereocenters. The number of unbranched alkanes of at least 4 members (excludes halogenated alkanes) is 1. The number of hydrogen-bond donors (Lipinski definition) is 7. The van der Waals surface area contributed by atoms with Gasteiger partial charge in [-0.05, 0) is 149 Å². The zero-order chi connectivity index (χ0) is 94.7. The number of rotatable bonds is 35. The number of fused-ring (bicyclic) bond motifs is 5. The number of aromatic nitrogens is 10. The highest BCUT2D eigenvalue weighted by molar-refractivity contribution is 6.39. The lowest BCUT2D eigenvalue weighted by Crippen LogP contribution is -2.61. The van der Waals surface area contributed by atoms with E-state index >= 15 is 0 Å². The lowest BCUT2D eigenvalue weighted by molar-refractivity contribution is -0.265. The van der Waals surface area contributed by atoms with Gasteiger partial charge in [0.25, 0.3) is 17.7 Å². The van der Waals surface area contributed by atoms with Gasteiger partial charge in [-0.3, -0.25) is 28.9 Å². The fourth-order valence-corrected chi connectivity index (χ4v) is 18.2. The maximum Gasteiger partial charge on any atom is 0.329 e. The molecular weight excluding hydrogens is 1710 g/mol. The van der Waals surface area contributed by atoms with Crippen LogP contribution in [0.5, 0.6) is 0 Å². The molecule has 2 bridgehead atoms. The first kappa shape index (κ1) is 102. The second kappa shape index (κ2) is 49.9. The predicted molar refractivity (Wildman–Crippen MR) is 495 cm³/mol. The van der Waals surface area contributed by atoms with Crippen LogP contribution in [0.2, 0.25) is 0 Å². The summed E-state index contributed by atoms with van der Waals surface area (Å²) in [7, 11) is 4.58. The Morgan fingerprint density at radius 1 is 0.767 bits per heavy atom. The summed E-state index contributed by atoms with van der Waals surface area (Å²) in [5, 5.41) is 51.7. The van der Waals surface area contributed by atoms with E-state index in [1.54, 1.807) is 75.8 Å². The summed E-state index contributed by atoms with van der Waals surface area (Å²) >= 11 is 0. The molecule has 1 saturated carbocycles. The number of allylic oxidation sites excluding steroid dienone is 6. The van der Waals surface area contributed by atoms with Crippen molar-refractivity contribution in [2.45, 2.75) is 231 Å². The van der Waals surface area contributed by atoms with Gasteiger partial charge in [-0.2, -0.15) is 10.1 Å². The van der Waals surface area contributed by atoms with Crippen molar-refractivity contribution in [2.75, 3.05) is 130 Å². The lowest BCUT2D eigenvalue weighted by atomic mass is 9.80. The Bertz CT molecular complexity index is 5100. The zero-order valence-corrected chi connectivity index (χ0v) is 78.1. The number of aliphatic hydroxyl groups excluding tert-OH is 2. The summed E-state index contributed by atoms with van der Waals surface area (Å²) in [6.07, 6.45) is 18.7. The number of piperidine rings is 1. The third-order valence-corrected chi connectivity index (χ3v) is 26.0.